The van der Waals surface area contributed by atoms with Gasteiger partial charge < -0.3 is 10.2 Å². The van der Waals surface area contributed by atoms with Gasteiger partial charge in [0.2, 0.25) is 0 Å². The standard InChI is InChI=1S/C19H26O3/c1-18-9-13(21)8-15(18)14-4-3-11-7-12(20)5-6-19(11,2)17(14)16(22)10-18/h5-7,13-17,21-22H,3-4,8-10H2,1-2H3/t13-,14+,15+,16+,17-,18+,19+/m1/s1. The van der Waals surface area contributed by atoms with Crippen LogP contribution >= 0.6 is 0 Å². The number of rotatable bonds is 0. The van der Waals surface area contributed by atoms with Crippen molar-refractivity contribution in [3.05, 3.63) is 23.8 Å². The lowest BCUT2D eigenvalue weighted by Gasteiger charge is -2.57. The molecule has 3 nitrogen and oxygen atoms in total. The van der Waals surface area contributed by atoms with E-state index in [1.807, 2.05) is 6.08 Å². The van der Waals surface area contributed by atoms with Crippen molar-refractivity contribution >= 4 is 5.78 Å². The third-order valence-electron chi connectivity index (χ3n) is 7.23. The summed E-state index contributed by atoms with van der Waals surface area (Å²) in [7, 11) is 0. The summed E-state index contributed by atoms with van der Waals surface area (Å²) in [6, 6.07) is 0. The highest BCUT2D eigenvalue weighted by Crippen LogP contribution is 2.64. The Balaban J connectivity index is 1.75. The average molecular weight is 302 g/mol. The van der Waals surface area contributed by atoms with Gasteiger partial charge in [0.25, 0.3) is 0 Å². The van der Waals surface area contributed by atoms with E-state index in [-0.39, 0.29) is 34.7 Å². The first-order valence-corrected chi connectivity index (χ1v) is 8.64. The molecular formula is C19H26O3. The molecule has 3 saturated carbocycles. The molecule has 3 fully saturated rings. The van der Waals surface area contributed by atoms with Gasteiger partial charge in [-0.25, -0.2) is 0 Å². The van der Waals surface area contributed by atoms with E-state index < -0.39 is 0 Å². The van der Waals surface area contributed by atoms with E-state index >= 15 is 0 Å². The summed E-state index contributed by atoms with van der Waals surface area (Å²) in [6.07, 6.45) is 9.42. The molecule has 7 atom stereocenters. The molecule has 3 heteroatoms. The summed E-state index contributed by atoms with van der Waals surface area (Å²) in [4.78, 5) is 11.7. The number of ketones is 1. The Kier molecular flexibility index (Phi) is 3.03. The molecule has 4 rings (SSSR count). The fraction of sp³-hybridized carbons (Fsp3) is 0.737. The molecule has 0 radical (unpaired) electrons. The van der Waals surface area contributed by atoms with Gasteiger partial charge in [-0.2, -0.15) is 0 Å². The normalized spacial score (nSPS) is 53.5. The van der Waals surface area contributed by atoms with Gasteiger partial charge in [-0.15, -0.1) is 0 Å². The first-order chi connectivity index (χ1) is 10.3. The van der Waals surface area contributed by atoms with Gasteiger partial charge in [-0.1, -0.05) is 25.5 Å². The van der Waals surface area contributed by atoms with Crippen molar-refractivity contribution in [1.82, 2.24) is 0 Å². The van der Waals surface area contributed by atoms with Gasteiger partial charge in [0.15, 0.2) is 5.78 Å². The van der Waals surface area contributed by atoms with E-state index in [0.717, 1.165) is 32.1 Å². The second-order valence-corrected chi connectivity index (χ2v) is 8.54. The first-order valence-electron chi connectivity index (χ1n) is 8.64. The number of hydrogen-bond acceptors (Lipinski definition) is 3. The fourth-order valence-corrected chi connectivity index (χ4v) is 6.37. The average Bonchev–Trinajstić information content (AvgIpc) is 2.73. The quantitative estimate of drug-likeness (QED) is 0.723. The van der Waals surface area contributed by atoms with Crippen LogP contribution in [0.2, 0.25) is 0 Å². The number of carbonyl (C=O) groups excluding carboxylic acids is 1. The second-order valence-electron chi connectivity index (χ2n) is 8.54. The minimum Gasteiger partial charge on any atom is -0.393 e. The van der Waals surface area contributed by atoms with Gasteiger partial charge in [-0.05, 0) is 61.5 Å². The Morgan fingerprint density at radius 1 is 1.23 bits per heavy atom. The molecule has 0 bridgehead atoms. The fourth-order valence-electron chi connectivity index (χ4n) is 6.37. The largest absolute Gasteiger partial charge is 0.393 e. The molecule has 4 aliphatic carbocycles. The van der Waals surface area contributed by atoms with Crippen molar-refractivity contribution in [3.63, 3.8) is 0 Å². The van der Waals surface area contributed by atoms with E-state index in [2.05, 4.69) is 13.8 Å². The Bertz CT molecular complexity index is 577. The number of hydrogen-bond donors (Lipinski definition) is 2. The van der Waals surface area contributed by atoms with Crippen molar-refractivity contribution in [2.75, 3.05) is 0 Å². The topological polar surface area (TPSA) is 57.5 Å². The summed E-state index contributed by atoms with van der Waals surface area (Å²) in [5.41, 5.74) is 1.08. The maximum atomic E-state index is 11.7. The smallest absolute Gasteiger partial charge is 0.178 e. The zero-order valence-corrected chi connectivity index (χ0v) is 13.5. The highest BCUT2D eigenvalue weighted by molar-refractivity contribution is 6.01. The van der Waals surface area contributed by atoms with Crippen molar-refractivity contribution in [3.8, 4) is 0 Å². The molecule has 2 N–H and O–H groups in total. The highest BCUT2D eigenvalue weighted by atomic mass is 16.3. The summed E-state index contributed by atoms with van der Waals surface area (Å²) in [6.45, 7) is 4.44. The Morgan fingerprint density at radius 3 is 2.77 bits per heavy atom. The SMILES string of the molecule is C[C@@]12C[C@H](O)C[C@H]1[C@@H]1CCC3=CC(=O)C=C[C@]3(C)[C@H]1[C@@H](O)C2. The Labute approximate surface area is 132 Å². The number of fused-ring (bicyclic) bond motifs is 5. The molecule has 0 aromatic heterocycles. The van der Waals surface area contributed by atoms with Crippen molar-refractivity contribution in [2.24, 2.45) is 28.6 Å². The Hall–Kier alpha value is -0.930. The first kappa shape index (κ1) is 14.6. The van der Waals surface area contributed by atoms with Crippen molar-refractivity contribution in [2.45, 2.75) is 58.2 Å². The predicted octanol–water partition coefficient (Wildman–Crippen LogP) is 2.63. The van der Waals surface area contributed by atoms with Crippen LogP contribution in [0.4, 0.5) is 0 Å². The van der Waals surface area contributed by atoms with Crippen molar-refractivity contribution in [1.29, 1.82) is 0 Å². The maximum absolute atomic E-state index is 11.7. The molecular weight excluding hydrogens is 276 g/mol. The number of aliphatic hydroxyl groups excluding tert-OH is 2. The van der Waals surface area contributed by atoms with Crippen LogP contribution in [0.3, 0.4) is 0 Å². The number of aliphatic hydroxyl groups is 2. The van der Waals surface area contributed by atoms with Gasteiger partial charge in [0.05, 0.1) is 12.2 Å². The highest BCUT2D eigenvalue weighted by Gasteiger charge is 2.60. The van der Waals surface area contributed by atoms with Crippen LogP contribution in [0.5, 0.6) is 0 Å². The molecule has 0 aromatic carbocycles. The van der Waals surface area contributed by atoms with Crippen LogP contribution < -0.4 is 0 Å². The summed E-state index contributed by atoms with van der Waals surface area (Å²) in [5, 5.41) is 21.1. The monoisotopic (exact) mass is 302 g/mol. The van der Waals surface area contributed by atoms with Crippen LogP contribution in [0.15, 0.2) is 23.8 Å². The van der Waals surface area contributed by atoms with E-state index in [4.69, 9.17) is 0 Å². The zero-order chi connectivity index (χ0) is 15.7. The lowest BCUT2D eigenvalue weighted by molar-refractivity contribution is -0.113. The third-order valence-corrected chi connectivity index (χ3v) is 7.23. The second kappa shape index (κ2) is 4.55. The van der Waals surface area contributed by atoms with Gasteiger partial charge in [0.1, 0.15) is 0 Å². The maximum Gasteiger partial charge on any atom is 0.178 e. The third kappa shape index (κ3) is 1.85. The molecule has 0 spiro atoms. The lowest BCUT2D eigenvalue weighted by Crippen LogP contribution is -2.54. The number of allylic oxidation sites excluding steroid dienone is 4. The van der Waals surface area contributed by atoms with E-state index in [0.29, 0.717) is 11.8 Å². The minimum absolute atomic E-state index is 0.0752. The molecule has 22 heavy (non-hydrogen) atoms. The van der Waals surface area contributed by atoms with Gasteiger partial charge in [-0.3, -0.25) is 4.79 Å². The van der Waals surface area contributed by atoms with Gasteiger partial charge in [0, 0.05) is 11.3 Å². The molecule has 0 aromatic rings. The van der Waals surface area contributed by atoms with Crippen LogP contribution in [0.1, 0.15) is 46.0 Å². The van der Waals surface area contributed by atoms with Crippen LogP contribution in [-0.2, 0) is 4.79 Å². The summed E-state index contributed by atoms with van der Waals surface area (Å²) < 4.78 is 0. The molecule has 0 saturated heterocycles. The molecule has 4 aliphatic rings. The molecule has 0 aliphatic heterocycles. The molecule has 0 heterocycles. The molecule has 0 amide bonds. The summed E-state index contributed by atoms with van der Waals surface area (Å²) in [5.74, 6) is 1.21. The number of carbonyl (C=O) groups is 1. The lowest BCUT2D eigenvalue weighted by atomic mass is 9.47. The van der Waals surface area contributed by atoms with Crippen molar-refractivity contribution < 1.29 is 15.0 Å². The van der Waals surface area contributed by atoms with E-state index in [1.165, 1.54) is 5.57 Å². The molecule has 0 unspecified atom stereocenters. The van der Waals surface area contributed by atoms with E-state index in [9.17, 15) is 15.0 Å². The predicted molar refractivity (Wildman–Crippen MR) is 84.0 cm³/mol. The van der Waals surface area contributed by atoms with Crippen LogP contribution in [0.25, 0.3) is 0 Å². The molecule has 120 valence electrons. The Morgan fingerprint density at radius 2 is 2.00 bits per heavy atom. The van der Waals surface area contributed by atoms with E-state index in [1.54, 1.807) is 12.2 Å². The van der Waals surface area contributed by atoms with Crippen LogP contribution in [0, 0.1) is 28.6 Å². The summed E-state index contributed by atoms with van der Waals surface area (Å²) >= 11 is 0. The minimum atomic E-state index is -0.344. The van der Waals surface area contributed by atoms with Crippen LogP contribution in [-0.4, -0.2) is 28.2 Å². The zero-order valence-electron chi connectivity index (χ0n) is 13.5. The van der Waals surface area contributed by atoms with Gasteiger partial charge >= 0.3 is 0 Å².